The number of pyridine rings is 2. The van der Waals surface area contributed by atoms with Crippen LogP contribution in [0.3, 0.4) is 0 Å². The van der Waals surface area contributed by atoms with Crippen molar-refractivity contribution in [2.45, 2.75) is 11.4 Å². The van der Waals surface area contributed by atoms with Crippen molar-refractivity contribution in [2.24, 2.45) is 0 Å². The lowest BCUT2D eigenvalue weighted by molar-refractivity contribution is 0.397. The minimum absolute atomic E-state index is 0.132. The van der Waals surface area contributed by atoms with Gasteiger partial charge in [-0.25, -0.2) is 23.1 Å². The Balaban J connectivity index is 1.67. The zero-order chi connectivity index (χ0) is 18.4. The van der Waals surface area contributed by atoms with Gasteiger partial charge in [-0.05, 0) is 42.0 Å². The second-order valence-corrected chi connectivity index (χ2v) is 7.04. The number of hydrogen-bond acceptors (Lipinski definition) is 6. The molecular formula is C18H17N3O4S. The van der Waals surface area contributed by atoms with Crippen LogP contribution in [0.15, 0.2) is 71.9 Å². The summed E-state index contributed by atoms with van der Waals surface area (Å²) in [6, 6.07) is 14.8. The first kappa shape index (κ1) is 17.8. The normalized spacial score (nSPS) is 11.1. The van der Waals surface area contributed by atoms with Crippen LogP contribution in [0.1, 0.15) is 5.56 Å². The average Bonchev–Trinajstić information content (AvgIpc) is 2.68. The van der Waals surface area contributed by atoms with E-state index in [0.717, 1.165) is 5.56 Å². The van der Waals surface area contributed by atoms with Gasteiger partial charge in [0.1, 0.15) is 5.75 Å². The molecule has 26 heavy (non-hydrogen) atoms. The Kier molecular flexibility index (Phi) is 5.45. The maximum Gasteiger partial charge on any atom is 0.240 e. The van der Waals surface area contributed by atoms with Gasteiger partial charge in [-0.15, -0.1) is 0 Å². The van der Waals surface area contributed by atoms with E-state index < -0.39 is 10.0 Å². The van der Waals surface area contributed by atoms with Gasteiger partial charge in [0.25, 0.3) is 0 Å². The van der Waals surface area contributed by atoms with E-state index in [4.69, 9.17) is 9.47 Å². The number of hydrogen-bond donors (Lipinski definition) is 1. The fourth-order valence-corrected chi connectivity index (χ4v) is 3.17. The number of nitrogens with one attached hydrogen (secondary N) is 1. The molecule has 7 nitrogen and oxygen atoms in total. The number of nitrogens with zero attached hydrogens (tertiary/aromatic N) is 2. The topological polar surface area (TPSA) is 90.4 Å². The zero-order valence-electron chi connectivity index (χ0n) is 14.0. The lowest BCUT2D eigenvalue weighted by atomic mass is 10.3. The Morgan fingerprint density at radius 1 is 0.962 bits per heavy atom. The summed E-state index contributed by atoms with van der Waals surface area (Å²) >= 11 is 0. The van der Waals surface area contributed by atoms with Crippen LogP contribution in [0.2, 0.25) is 0 Å². The minimum Gasteiger partial charge on any atom is -0.481 e. The molecule has 0 aliphatic rings. The third kappa shape index (κ3) is 4.56. The summed E-state index contributed by atoms with van der Waals surface area (Å²) in [5.41, 5.74) is 0.746. The molecule has 0 aliphatic carbocycles. The number of methoxy groups -OCH3 is 1. The van der Waals surface area contributed by atoms with Crippen molar-refractivity contribution in [1.29, 1.82) is 0 Å². The van der Waals surface area contributed by atoms with Crippen LogP contribution in [-0.4, -0.2) is 25.5 Å². The zero-order valence-corrected chi connectivity index (χ0v) is 14.8. The van der Waals surface area contributed by atoms with Gasteiger partial charge in [-0.2, -0.15) is 0 Å². The Bertz CT molecular complexity index is 961. The first-order valence-corrected chi connectivity index (χ1v) is 9.23. The van der Waals surface area contributed by atoms with Gasteiger partial charge in [0, 0.05) is 31.1 Å². The molecule has 2 aromatic heterocycles. The van der Waals surface area contributed by atoms with E-state index in [2.05, 4.69) is 14.7 Å². The average molecular weight is 371 g/mol. The van der Waals surface area contributed by atoms with E-state index in [9.17, 15) is 8.42 Å². The highest BCUT2D eigenvalue weighted by Gasteiger charge is 2.14. The fraction of sp³-hybridized carbons (Fsp3) is 0.111. The van der Waals surface area contributed by atoms with E-state index in [1.165, 1.54) is 19.2 Å². The summed E-state index contributed by atoms with van der Waals surface area (Å²) < 4.78 is 38.0. The summed E-state index contributed by atoms with van der Waals surface area (Å²) in [5, 5.41) is 0. The lowest BCUT2D eigenvalue weighted by Gasteiger charge is -2.09. The predicted octanol–water partition coefficient (Wildman–Crippen LogP) is 2.76. The molecule has 8 heteroatoms. The third-order valence-electron chi connectivity index (χ3n) is 3.47. The van der Waals surface area contributed by atoms with E-state index in [0.29, 0.717) is 17.5 Å². The lowest BCUT2D eigenvalue weighted by Crippen LogP contribution is -2.23. The van der Waals surface area contributed by atoms with Crippen LogP contribution in [0.4, 0.5) is 0 Å². The Morgan fingerprint density at radius 3 is 2.42 bits per heavy atom. The van der Waals surface area contributed by atoms with Gasteiger partial charge in [0.15, 0.2) is 0 Å². The smallest absolute Gasteiger partial charge is 0.240 e. The number of sulfonamides is 1. The third-order valence-corrected chi connectivity index (χ3v) is 4.89. The molecule has 0 saturated heterocycles. The predicted molar refractivity (Wildman–Crippen MR) is 95.6 cm³/mol. The maximum absolute atomic E-state index is 12.4. The van der Waals surface area contributed by atoms with Crippen molar-refractivity contribution < 1.29 is 17.9 Å². The van der Waals surface area contributed by atoms with Crippen LogP contribution in [-0.2, 0) is 16.6 Å². The van der Waals surface area contributed by atoms with Gasteiger partial charge < -0.3 is 9.47 Å². The Hall–Kier alpha value is -2.97. The van der Waals surface area contributed by atoms with Crippen LogP contribution < -0.4 is 14.2 Å². The molecule has 0 bridgehead atoms. The second kappa shape index (κ2) is 7.94. The SMILES string of the molecule is COc1cc(CNS(=O)(=O)c2ccc(Oc3ccccn3)cc2)ccn1. The Labute approximate surface area is 151 Å². The number of ether oxygens (including phenoxy) is 2. The van der Waals surface area contributed by atoms with Crippen LogP contribution >= 0.6 is 0 Å². The van der Waals surface area contributed by atoms with Crippen LogP contribution in [0.25, 0.3) is 0 Å². The van der Waals surface area contributed by atoms with E-state index in [-0.39, 0.29) is 11.4 Å². The van der Waals surface area contributed by atoms with Crippen LogP contribution in [0.5, 0.6) is 17.5 Å². The molecule has 0 unspecified atom stereocenters. The van der Waals surface area contributed by atoms with Crippen LogP contribution in [0, 0.1) is 0 Å². The summed E-state index contributed by atoms with van der Waals surface area (Å²) in [7, 11) is -2.15. The highest BCUT2D eigenvalue weighted by atomic mass is 32.2. The summed E-state index contributed by atoms with van der Waals surface area (Å²) in [6.07, 6.45) is 3.18. The largest absolute Gasteiger partial charge is 0.481 e. The van der Waals surface area contributed by atoms with Crippen molar-refractivity contribution in [2.75, 3.05) is 7.11 Å². The number of benzene rings is 1. The first-order chi connectivity index (χ1) is 12.6. The Morgan fingerprint density at radius 2 is 1.73 bits per heavy atom. The van der Waals surface area contributed by atoms with Gasteiger partial charge in [-0.3, -0.25) is 0 Å². The van der Waals surface area contributed by atoms with Crippen molar-refractivity contribution in [3.05, 3.63) is 72.6 Å². The second-order valence-electron chi connectivity index (χ2n) is 5.27. The molecule has 0 saturated carbocycles. The first-order valence-electron chi connectivity index (χ1n) is 7.74. The molecular weight excluding hydrogens is 354 g/mol. The maximum atomic E-state index is 12.4. The van der Waals surface area contributed by atoms with E-state index >= 15 is 0 Å². The summed E-state index contributed by atoms with van der Waals surface area (Å²) in [6.45, 7) is 0.132. The monoisotopic (exact) mass is 371 g/mol. The number of aromatic nitrogens is 2. The molecule has 0 spiro atoms. The molecule has 0 amide bonds. The van der Waals surface area contributed by atoms with E-state index in [1.807, 2.05) is 0 Å². The summed E-state index contributed by atoms with van der Waals surface area (Å²) in [5.74, 6) is 1.37. The molecule has 2 heterocycles. The van der Waals surface area contributed by atoms with Crippen molar-refractivity contribution in [1.82, 2.24) is 14.7 Å². The summed E-state index contributed by atoms with van der Waals surface area (Å²) in [4.78, 5) is 8.19. The van der Waals surface area contributed by atoms with Gasteiger partial charge >= 0.3 is 0 Å². The molecule has 1 N–H and O–H groups in total. The highest BCUT2D eigenvalue weighted by Crippen LogP contribution is 2.21. The molecule has 1 aromatic carbocycles. The van der Waals surface area contributed by atoms with Crippen molar-refractivity contribution >= 4 is 10.0 Å². The molecule has 3 aromatic rings. The van der Waals surface area contributed by atoms with Gasteiger partial charge in [-0.1, -0.05) is 6.07 Å². The van der Waals surface area contributed by atoms with Crippen molar-refractivity contribution in [3.63, 3.8) is 0 Å². The molecule has 0 fully saturated rings. The molecule has 0 atom stereocenters. The van der Waals surface area contributed by atoms with Crippen molar-refractivity contribution in [3.8, 4) is 17.5 Å². The standard InChI is InChI=1S/C18H17N3O4S/c1-24-18-12-14(9-11-20-18)13-21-26(22,23)16-7-5-15(6-8-16)25-17-4-2-3-10-19-17/h2-12,21H,13H2,1H3. The minimum atomic E-state index is -3.65. The molecule has 3 rings (SSSR count). The molecule has 134 valence electrons. The fourth-order valence-electron chi connectivity index (χ4n) is 2.15. The highest BCUT2D eigenvalue weighted by molar-refractivity contribution is 7.89. The van der Waals surface area contributed by atoms with E-state index in [1.54, 1.807) is 54.9 Å². The quantitative estimate of drug-likeness (QED) is 0.687. The van der Waals surface area contributed by atoms with Gasteiger partial charge in [0.05, 0.1) is 12.0 Å². The molecule has 0 aliphatic heterocycles. The number of rotatable bonds is 7. The molecule has 0 radical (unpaired) electrons. The van der Waals surface area contributed by atoms with Gasteiger partial charge in [0.2, 0.25) is 21.8 Å².